The Morgan fingerprint density at radius 1 is 1.42 bits per heavy atom. The molecule has 1 aromatic carbocycles. The van der Waals surface area contributed by atoms with Crippen LogP contribution in [-0.2, 0) is 13.5 Å². The summed E-state index contributed by atoms with van der Waals surface area (Å²) in [4.78, 5) is 16.1. The average Bonchev–Trinajstić information content (AvgIpc) is 3.34. The van der Waals surface area contributed by atoms with Crippen molar-refractivity contribution in [2.24, 2.45) is 7.05 Å². The molecule has 1 atom stereocenters. The number of aromatic nitrogens is 4. The quantitative estimate of drug-likeness (QED) is 0.650. The number of ketones is 1. The maximum atomic E-state index is 12.6. The molecule has 1 aliphatic rings. The molecule has 4 rings (SSSR count). The fourth-order valence-corrected chi connectivity index (χ4v) is 3.40. The van der Waals surface area contributed by atoms with Crippen molar-refractivity contribution in [1.82, 2.24) is 19.9 Å². The van der Waals surface area contributed by atoms with Crippen molar-refractivity contribution >= 4 is 5.78 Å². The van der Waals surface area contributed by atoms with Crippen LogP contribution in [0.4, 0.5) is 8.78 Å². The molecule has 3 aromatic rings. The number of carbonyl (C=O) groups is 1. The maximum absolute atomic E-state index is 12.6. The number of halogens is 2. The van der Waals surface area contributed by atoms with Crippen LogP contribution in [0, 0.1) is 0 Å². The van der Waals surface area contributed by atoms with E-state index in [0.29, 0.717) is 17.5 Å². The minimum absolute atomic E-state index is 0.0692. The van der Waals surface area contributed by atoms with Gasteiger partial charge in [0.05, 0.1) is 11.8 Å². The standard InChI is InChI=1S/C18H16F2N4O2/c1-24-9-13(8-21-24)15(25)7-11-3-2-10-6-12(4-5-14(10)11)17-22-18(16(19)20)26-23-17/h4-6,8-9,11,16H,2-3,7H2,1H3/t11-/m0/s1. The summed E-state index contributed by atoms with van der Waals surface area (Å²) < 4.78 is 31.4. The van der Waals surface area contributed by atoms with Crippen LogP contribution in [-0.4, -0.2) is 25.7 Å². The number of fused-ring (bicyclic) bond motifs is 1. The first kappa shape index (κ1) is 16.6. The Labute approximate surface area is 147 Å². The monoisotopic (exact) mass is 358 g/mol. The van der Waals surface area contributed by atoms with Gasteiger partial charge >= 0.3 is 6.43 Å². The number of alkyl halides is 2. The van der Waals surface area contributed by atoms with Gasteiger partial charge in [0, 0.05) is 25.2 Å². The van der Waals surface area contributed by atoms with Crippen LogP contribution in [0.2, 0.25) is 0 Å². The highest BCUT2D eigenvalue weighted by molar-refractivity contribution is 5.96. The Morgan fingerprint density at radius 2 is 2.27 bits per heavy atom. The first-order valence-electron chi connectivity index (χ1n) is 8.28. The summed E-state index contributed by atoms with van der Waals surface area (Å²) in [5.41, 5.74) is 3.46. The molecule has 0 N–H and O–H groups in total. The number of benzene rings is 1. The van der Waals surface area contributed by atoms with E-state index in [1.165, 1.54) is 0 Å². The van der Waals surface area contributed by atoms with Gasteiger partial charge in [-0.05, 0) is 36.0 Å². The number of nitrogens with zero attached hydrogens (tertiary/aromatic N) is 4. The zero-order valence-corrected chi connectivity index (χ0v) is 14.0. The van der Waals surface area contributed by atoms with Crippen molar-refractivity contribution in [3.63, 3.8) is 0 Å². The number of hydrogen-bond donors (Lipinski definition) is 0. The summed E-state index contributed by atoms with van der Waals surface area (Å²) in [7, 11) is 1.78. The molecule has 1 aliphatic carbocycles. The van der Waals surface area contributed by atoms with Gasteiger partial charge in [-0.1, -0.05) is 17.3 Å². The molecule has 2 heterocycles. The fraction of sp³-hybridized carbons (Fsp3) is 0.333. The van der Waals surface area contributed by atoms with Gasteiger partial charge in [-0.3, -0.25) is 9.48 Å². The van der Waals surface area contributed by atoms with E-state index >= 15 is 0 Å². The second-order valence-electron chi connectivity index (χ2n) is 6.44. The molecule has 2 aromatic heterocycles. The third-order valence-electron chi connectivity index (χ3n) is 4.69. The van der Waals surface area contributed by atoms with E-state index in [4.69, 9.17) is 0 Å². The Morgan fingerprint density at radius 3 is 2.96 bits per heavy atom. The van der Waals surface area contributed by atoms with Gasteiger partial charge in [0.1, 0.15) is 0 Å². The minimum atomic E-state index is -2.78. The predicted molar refractivity (Wildman–Crippen MR) is 87.9 cm³/mol. The van der Waals surface area contributed by atoms with E-state index in [1.807, 2.05) is 12.1 Å². The number of Topliss-reactive ketones (excluding diaryl/α,β-unsaturated/α-hetero) is 1. The molecule has 0 saturated carbocycles. The smallest absolute Gasteiger partial charge is 0.315 e. The molecule has 134 valence electrons. The Hall–Kier alpha value is -2.90. The lowest BCUT2D eigenvalue weighted by atomic mass is 9.93. The molecule has 0 unspecified atom stereocenters. The van der Waals surface area contributed by atoms with E-state index in [9.17, 15) is 13.6 Å². The van der Waals surface area contributed by atoms with Crippen LogP contribution < -0.4 is 0 Å². The first-order valence-corrected chi connectivity index (χ1v) is 8.28. The van der Waals surface area contributed by atoms with Crippen LogP contribution in [0.5, 0.6) is 0 Å². The van der Waals surface area contributed by atoms with Crippen LogP contribution in [0.25, 0.3) is 11.4 Å². The van der Waals surface area contributed by atoms with Gasteiger partial charge < -0.3 is 4.52 Å². The van der Waals surface area contributed by atoms with Crippen molar-refractivity contribution in [2.45, 2.75) is 31.6 Å². The van der Waals surface area contributed by atoms with Gasteiger partial charge in [0.15, 0.2) is 5.78 Å². The van der Waals surface area contributed by atoms with Crippen molar-refractivity contribution in [2.75, 3.05) is 0 Å². The summed E-state index contributed by atoms with van der Waals surface area (Å²) in [5.74, 6) is -0.313. The molecule has 26 heavy (non-hydrogen) atoms. The number of carbonyl (C=O) groups excluding carboxylic acids is 1. The van der Waals surface area contributed by atoms with E-state index in [0.717, 1.165) is 24.0 Å². The van der Waals surface area contributed by atoms with E-state index in [1.54, 1.807) is 30.2 Å². The first-order chi connectivity index (χ1) is 12.5. The molecule has 0 fully saturated rings. The van der Waals surface area contributed by atoms with E-state index in [2.05, 4.69) is 19.8 Å². The van der Waals surface area contributed by atoms with Gasteiger partial charge in [0.2, 0.25) is 5.82 Å². The zero-order valence-electron chi connectivity index (χ0n) is 14.0. The third-order valence-corrected chi connectivity index (χ3v) is 4.69. The number of rotatable bonds is 5. The molecular weight excluding hydrogens is 342 g/mol. The average molecular weight is 358 g/mol. The lowest BCUT2D eigenvalue weighted by Crippen LogP contribution is -2.04. The lowest BCUT2D eigenvalue weighted by Gasteiger charge is -2.10. The van der Waals surface area contributed by atoms with Crippen molar-refractivity contribution < 1.29 is 18.1 Å². The summed E-state index contributed by atoms with van der Waals surface area (Å²) >= 11 is 0. The normalized spacial score (nSPS) is 16.2. The lowest BCUT2D eigenvalue weighted by molar-refractivity contribution is 0.0973. The Bertz CT molecular complexity index is 964. The minimum Gasteiger partial charge on any atom is -0.333 e. The highest BCUT2D eigenvalue weighted by Crippen LogP contribution is 2.38. The summed E-state index contributed by atoms with van der Waals surface area (Å²) in [6.07, 6.45) is 2.65. The maximum Gasteiger partial charge on any atom is 0.315 e. The fourth-order valence-electron chi connectivity index (χ4n) is 3.40. The molecule has 8 heteroatoms. The molecule has 0 bridgehead atoms. The summed E-state index contributed by atoms with van der Waals surface area (Å²) in [6.45, 7) is 0. The van der Waals surface area contributed by atoms with E-state index in [-0.39, 0.29) is 17.5 Å². The second kappa shape index (κ2) is 6.44. The molecule has 0 radical (unpaired) electrons. The topological polar surface area (TPSA) is 73.8 Å². The summed E-state index contributed by atoms with van der Waals surface area (Å²) in [5, 5.41) is 7.65. The van der Waals surface area contributed by atoms with Crippen LogP contribution in [0.3, 0.4) is 0 Å². The molecule has 6 nitrogen and oxygen atoms in total. The van der Waals surface area contributed by atoms with Gasteiger partial charge in [-0.15, -0.1) is 0 Å². The van der Waals surface area contributed by atoms with Gasteiger partial charge in [-0.2, -0.15) is 18.9 Å². The Kier molecular flexibility index (Phi) is 4.10. The predicted octanol–water partition coefficient (Wildman–Crippen LogP) is 3.71. The van der Waals surface area contributed by atoms with Gasteiger partial charge in [0.25, 0.3) is 5.89 Å². The van der Waals surface area contributed by atoms with E-state index < -0.39 is 12.3 Å². The molecule has 0 saturated heterocycles. The molecule has 0 spiro atoms. The highest BCUT2D eigenvalue weighted by Gasteiger charge is 2.26. The van der Waals surface area contributed by atoms with Crippen molar-refractivity contribution in [3.05, 3.63) is 53.2 Å². The largest absolute Gasteiger partial charge is 0.333 e. The van der Waals surface area contributed by atoms with Crippen molar-refractivity contribution in [1.29, 1.82) is 0 Å². The van der Waals surface area contributed by atoms with Crippen LogP contribution >= 0.6 is 0 Å². The van der Waals surface area contributed by atoms with Gasteiger partial charge in [-0.25, -0.2) is 0 Å². The number of hydrogen-bond acceptors (Lipinski definition) is 5. The van der Waals surface area contributed by atoms with Crippen molar-refractivity contribution in [3.8, 4) is 11.4 Å². The molecule has 0 aliphatic heterocycles. The Balaban J connectivity index is 1.53. The number of aryl methyl sites for hydroxylation is 2. The molecule has 0 amide bonds. The third kappa shape index (κ3) is 3.02. The SMILES string of the molecule is Cn1cc(C(=O)C[C@@H]2CCc3cc(-c4noc(C(F)F)n4)ccc32)cn1. The zero-order chi connectivity index (χ0) is 18.3. The second-order valence-corrected chi connectivity index (χ2v) is 6.44. The highest BCUT2D eigenvalue weighted by atomic mass is 19.3. The molecular formula is C18H16F2N4O2. The van der Waals surface area contributed by atoms with Crippen LogP contribution in [0.1, 0.15) is 52.6 Å². The summed E-state index contributed by atoms with van der Waals surface area (Å²) in [6, 6.07) is 5.60. The van der Waals surface area contributed by atoms with Crippen LogP contribution in [0.15, 0.2) is 35.1 Å².